The van der Waals surface area contributed by atoms with Crippen LogP contribution in [0.4, 0.5) is 0 Å². The van der Waals surface area contributed by atoms with Crippen molar-refractivity contribution >= 4 is 24.7 Å². The minimum absolute atomic E-state index is 0.858. The molecule has 0 fully saturated rings. The molecule has 0 N–H and O–H groups in total. The molecule has 44 valence electrons. The van der Waals surface area contributed by atoms with Gasteiger partial charge in [-0.15, -0.1) is 11.3 Å². The Bertz CT molecular complexity index is 173. The average molecular weight is 145 g/mol. The van der Waals surface area contributed by atoms with Crippen LogP contribution in [-0.2, 0) is 0 Å². The molecule has 1 aromatic rings. The minimum atomic E-state index is 0.858. The highest BCUT2D eigenvalue weighted by Gasteiger charge is 1.91. The van der Waals surface area contributed by atoms with Gasteiger partial charge in [0.1, 0.15) is 4.75 Å². The Morgan fingerprint density at radius 3 is 2.75 bits per heavy atom. The van der Waals surface area contributed by atoms with Crippen LogP contribution in [0.25, 0.3) is 0 Å². The minimum Gasteiger partial charge on any atom is -0.242 e. The first-order chi connectivity index (χ1) is 3.83. The first-order valence-corrected chi connectivity index (χ1v) is 4.81. The maximum absolute atomic E-state index is 4.26. The standard InChI is InChI=1S/C5H8NPS/c1-4-3-8-5(6-4)7-2/h3,7H,1-2H3. The molecule has 1 nitrogen and oxygen atoms in total. The second-order valence-electron chi connectivity index (χ2n) is 1.54. The van der Waals surface area contributed by atoms with E-state index in [-0.39, 0.29) is 0 Å². The van der Waals surface area contributed by atoms with E-state index in [9.17, 15) is 0 Å². The van der Waals surface area contributed by atoms with Crippen LogP contribution in [0.2, 0.25) is 0 Å². The van der Waals surface area contributed by atoms with Crippen molar-refractivity contribution in [3.05, 3.63) is 11.1 Å². The summed E-state index contributed by atoms with van der Waals surface area (Å²) in [5, 5.41) is 2.09. The molecule has 0 saturated heterocycles. The first kappa shape index (κ1) is 6.18. The summed E-state index contributed by atoms with van der Waals surface area (Å²) < 4.78 is 1.27. The van der Waals surface area contributed by atoms with Crippen LogP contribution >= 0.6 is 19.9 Å². The molecule has 0 aromatic carbocycles. The molecule has 0 aliphatic rings. The molecule has 0 saturated carbocycles. The van der Waals surface area contributed by atoms with Crippen molar-refractivity contribution < 1.29 is 0 Å². The third-order valence-electron chi connectivity index (χ3n) is 0.833. The largest absolute Gasteiger partial charge is 0.242 e. The fourth-order valence-electron chi connectivity index (χ4n) is 0.469. The van der Waals surface area contributed by atoms with Gasteiger partial charge in [0.05, 0.1) is 0 Å². The number of aryl methyl sites for hydroxylation is 1. The molecule has 0 bridgehead atoms. The van der Waals surface area contributed by atoms with Gasteiger partial charge in [0.2, 0.25) is 0 Å². The van der Waals surface area contributed by atoms with E-state index in [2.05, 4.69) is 17.0 Å². The Morgan fingerprint density at radius 2 is 2.50 bits per heavy atom. The van der Waals surface area contributed by atoms with Crippen molar-refractivity contribution in [2.75, 3.05) is 6.66 Å². The average Bonchev–Trinajstić information content (AvgIpc) is 2.14. The summed E-state index contributed by atoms with van der Waals surface area (Å²) in [5.41, 5.74) is 1.15. The number of nitrogens with zero attached hydrogens (tertiary/aromatic N) is 1. The lowest BCUT2D eigenvalue weighted by Crippen LogP contribution is -1.88. The molecule has 0 aliphatic carbocycles. The van der Waals surface area contributed by atoms with E-state index in [1.54, 1.807) is 11.3 Å². The van der Waals surface area contributed by atoms with Gasteiger partial charge in [-0.2, -0.15) is 0 Å². The van der Waals surface area contributed by atoms with Crippen LogP contribution in [0.15, 0.2) is 5.38 Å². The number of rotatable bonds is 1. The van der Waals surface area contributed by atoms with Crippen molar-refractivity contribution in [3.63, 3.8) is 0 Å². The third-order valence-corrected chi connectivity index (χ3v) is 3.11. The van der Waals surface area contributed by atoms with Crippen LogP contribution in [0.5, 0.6) is 0 Å². The second kappa shape index (κ2) is 2.56. The van der Waals surface area contributed by atoms with Crippen molar-refractivity contribution in [2.45, 2.75) is 6.92 Å². The highest BCUT2D eigenvalue weighted by atomic mass is 32.1. The Balaban J connectivity index is 2.84. The Morgan fingerprint density at radius 1 is 1.75 bits per heavy atom. The summed E-state index contributed by atoms with van der Waals surface area (Å²) in [7, 11) is 0.858. The normalized spacial score (nSPS) is 11.2. The predicted octanol–water partition coefficient (Wildman–Crippen LogP) is 1.39. The highest BCUT2D eigenvalue weighted by Crippen LogP contribution is 2.07. The van der Waals surface area contributed by atoms with E-state index >= 15 is 0 Å². The van der Waals surface area contributed by atoms with Gasteiger partial charge in [-0.3, -0.25) is 0 Å². The molecule has 1 rings (SSSR count). The van der Waals surface area contributed by atoms with Crippen LogP contribution in [0.3, 0.4) is 0 Å². The Labute approximate surface area is 54.9 Å². The SMILES string of the molecule is CPc1nc(C)cs1. The monoisotopic (exact) mass is 145 g/mol. The van der Waals surface area contributed by atoms with E-state index in [0.717, 1.165) is 14.3 Å². The summed E-state index contributed by atoms with van der Waals surface area (Å²) in [4.78, 5) is 4.26. The lowest BCUT2D eigenvalue weighted by molar-refractivity contribution is 1.30. The van der Waals surface area contributed by atoms with Crippen molar-refractivity contribution in [2.24, 2.45) is 0 Å². The maximum Gasteiger partial charge on any atom is 0.112 e. The number of aromatic nitrogens is 1. The van der Waals surface area contributed by atoms with Gasteiger partial charge in [0, 0.05) is 11.1 Å². The van der Waals surface area contributed by atoms with Gasteiger partial charge >= 0.3 is 0 Å². The fraction of sp³-hybridized carbons (Fsp3) is 0.400. The zero-order valence-electron chi connectivity index (χ0n) is 4.93. The van der Waals surface area contributed by atoms with E-state index in [1.165, 1.54) is 4.75 Å². The van der Waals surface area contributed by atoms with E-state index < -0.39 is 0 Å². The molecule has 0 radical (unpaired) electrons. The molecule has 1 aromatic heterocycles. The molecule has 1 heterocycles. The van der Waals surface area contributed by atoms with E-state index in [1.807, 2.05) is 6.92 Å². The van der Waals surface area contributed by atoms with Gasteiger partial charge in [-0.05, 0) is 13.6 Å². The highest BCUT2D eigenvalue weighted by molar-refractivity contribution is 7.55. The summed E-state index contributed by atoms with van der Waals surface area (Å²) in [6, 6.07) is 0. The van der Waals surface area contributed by atoms with Crippen LogP contribution in [0, 0.1) is 6.92 Å². The third kappa shape index (κ3) is 1.27. The summed E-state index contributed by atoms with van der Waals surface area (Å²) in [6.45, 7) is 4.18. The van der Waals surface area contributed by atoms with Crippen molar-refractivity contribution in [3.8, 4) is 0 Å². The molecular formula is C5H8NPS. The quantitative estimate of drug-likeness (QED) is 0.544. The predicted molar refractivity (Wildman–Crippen MR) is 40.7 cm³/mol. The van der Waals surface area contributed by atoms with Crippen molar-refractivity contribution in [1.29, 1.82) is 0 Å². The molecule has 1 unspecified atom stereocenters. The van der Waals surface area contributed by atoms with Gasteiger partial charge in [0.15, 0.2) is 0 Å². The number of hydrogen-bond acceptors (Lipinski definition) is 2. The fourth-order valence-corrected chi connectivity index (χ4v) is 1.94. The van der Waals surface area contributed by atoms with E-state index in [4.69, 9.17) is 0 Å². The van der Waals surface area contributed by atoms with Gasteiger partial charge in [0.25, 0.3) is 0 Å². The maximum atomic E-state index is 4.26. The van der Waals surface area contributed by atoms with Gasteiger partial charge in [-0.1, -0.05) is 8.58 Å². The molecule has 3 heteroatoms. The Kier molecular flexibility index (Phi) is 1.98. The topological polar surface area (TPSA) is 12.9 Å². The first-order valence-electron chi connectivity index (χ1n) is 2.43. The molecule has 0 amide bonds. The van der Waals surface area contributed by atoms with Gasteiger partial charge in [-0.25, -0.2) is 4.98 Å². The number of thiazole rings is 1. The molecule has 0 aliphatic heterocycles. The zero-order valence-corrected chi connectivity index (χ0v) is 6.75. The van der Waals surface area contributed by atoms with Crippen molar-refractivity contribution in [1.82, 2.24) is 4.98 Å². The molecular weight excluding hydrogens is 137 g/mol. The Hall–Kier alpha value is 0.0600. The smallest absolute Gasteiger partial charge is 0.112 e. The van der Waals surface area contributed by atoms with Gasteiger partial charge < -0.3 is 0 Å². The van der Waals surface area contributed by atoms with Crippen LogP contribution < -0.4 is 4.75 Å². The lowest BCUT2D eigenvalue weighted by Gasteiger charge is -1.79. The lowest BCUT2D eigenvalue weighted by atomic mass is 10.6. The number of hydrogen-bond donors (Lipinski definition) is 0. The second-order valence-corrected chi connectivity index (χ2v) is 3.74. The summed E-state index contributed by atoms with van der Waals surface area (Å²) in [5.74, 6) is 0. The van der Waals surface area contributed by atoms with E-state index in [0.29, 0.717) is 0 Å². The molecule has 0 spiro atoms. The zero-order chi connectivity index (χ0) is 5.98. The van der Waals surface area contributed by atoms with Crippen LogP contribution in [0.1, 0.15) is 5.69 Å². The summed E-state index contributed by atoms with van der Waals surface area (Å²) in [6.07, 6.45) is 0. The molecule has 1 atom stereocenters. The summed E-state index contributed by atoms with van der Waals surface area (Å²) >= 11 is 1.75. The van der Waals surface area contributed by atoms with Crippen LogP contribution in [-0.4, -0.2) is 11.6 Å². The molecule has 8 heavy (non-hydrogen) atoms.